The Morgan fingerprint density at radius 3 is 2.54 bits per heavy atom. The van der Waals surface area contributed by atoms with Gasteiger partial charge in [-0.05, 0) is 34.9 Å². The molecule has 4 aromatic rings. The summed E-state index contributed by atoms with van der Waals surface area (Å²) in [6.45, 7) is -0.461. The van der Waals surface area contributed by atoms with E-state index < -0.39 is 6.67 Å². The lowest BCUT2D eigenvalue weighted by Gasteiger charge is -2.04. The number of benzene rings is 2. The van der Waals surface area contributed by atoms with Gasteiger partial charge in [0.2, 0.25) is 0 Å². The SMILES string of the molecule is Oc1cccc(-c2cnc3[nH]cc(-c4ccc(CF)cc4)c3c2)c1. The molecule has 0 amide bonds. The van der Waals surface area contributed by atoms with Gasteiger partial charge in [0.05, 0.1) is 0 Å². The lowest BCUT2D eigenvalue weighted by molar-refractivity contribution is 0.475. The molecular formula is C20H15FN2O. The van der Waals surface area contributed by atoms with Gasteiger partial charge in [-0.3, -0.25) is 0 Å². The van der Waals surface area contributed by atoms with Crippen molar-refractivity contribution in [2.24, 2.45) is 0 Å². The number of phenolic OH excluding ortho intramolecular Hbond substituents is 1. The summed E-state index contributed by atoms with van der Waals surface area (Å²) >= 11 is 0. The predicted octanol–water partition coefficient (Wildman–Crippen LogP) is 5.07. The summed E-state index contributed by atoms with van der Waals surface area (Å²) in [5.41, 5.74) is 5.32. The Balaban J connectivity index is 1.83. The van der Waals surface area contributed by atoms with E-state index in [2.05, 4.69) is 9.97 Å². The van der Waals surface area contributed by atoms with Crippen molar-refractivity contribution in [2.45, 2.75) is 6.67 Å². The van der Waals surface area contributed by atoms with Crippen LogP contribution in [0.1, 0.15) is 5.56 Å². The van der Waals surface area contributed by atoms with Crippen LogP contribution < -0.4 is 0 Å². The zero-order valence-electron chi connectivity index (χ0n) is 12.8. The maximum Gasteiger partial charge on any atom is 0.137 e. The average molecular weight is 318 g/mol. The van der Waals surface area contributed by atoms with E-state index in [1.54, 1.807) is 30.5 Å². The molecule has 0 unspecified atom stereocenters. The van der Waals surface area contributed by atoms with Gasteiger partial charge in [-0.15, -0.1) is 0 Å². The van der Waals surface area contributed by atoms with Gasteiger partial charge in [-0.2, -0.15) is 0 Å². The molecule has 0 radical (unpaired) electrons. The van der Waals surface area contributed by atoms with Gasteiger partial charge < -0.3 is 10.1 Å². The van der Waals surface area contributed by atoms with Gasteiger partial charge in [-0.1, -0.05) is 36.4 Å². The first-order valence-electron chi connectivity index (χ1n) is 7.66. The maximum absolute atomic E-state index is 12.7. The summed E-state index contributed by atoms with van der Waals surface area (Å²) < 4.78 is 12.7. The molecule has 0 saturated carbocycles. The van der Waals surface area contributed by atoms with Crippen LogP contribution in [0.25, 0.3) is 33.3 Å². The average Bonchev–Trinajstić information content (AvgIpc) is 3.05. The standard InChI is InChI=1S/C20H15FN2O/c21-10-13-4-6-14(7-5-13)19-12-23-20-18(19)9-16(11-22-20)15-2-1-3-17(24)8-15/h1-9,11-12,24H,10H2,(H,22,23). The molecule has 0 aliphatic carbocycles. The highest BCUT2D eigenvalue weighted by Crippen LogP contribution is 2.31. The minimum absolute atomic E-state index is 0.226. The summed E-state index contributed by atoms with van der Waals surface area (Å²) in [5, 5.41) is 10.7. The number of aromatic amines is 1. The summed E-state index contributed by atoms with van der Waals surface area (Å²) in [7, 11) is 0. The lowest BCUT2D eigenvalue weighted by atomic mass is 10.0. The molecule has 0 saturated heterocycles. The molecule has 2 aromatic carbocycles. The van der Waals surface area contributed by atoms with Gasteiger partial charge in [0, 0.05) is 28.9 Å². The van der Waals surface area contributed by atoms with E-state index in [0.29, 0.717) is 5.56 Å². The molecule has 2 N–H and O–H groups in total. The molecule has 0 bridgehead atoms. The number of hydrogen-bond acceptors (Lipinski definition) is 2. The van der Waals surface area contributed by atoms with Gasteiger partial charge >= 0.3 is 0 Å². The molecule has 2 aromatic heterocycles. The fourth-order valence-corrected chi connectivity index (χ4v) is 2.86. The third-order valence-electron chi connectivity index (χ3n) is 4.13. The number of H-pyrrole nitrogens is 1. The number of fused-ring (bicyclic) bond motifs is 1. The van der Waals surface area contributed by atoms with Crippen molar-refractivity contribution >= 4 is 11.0 Å². The van der Waals surface area contributed by atoms with Crippen molar-refractivity contribution in [1.29, 1.82) is 0 Å². The molecule has 4 heteroatoms. The summed E-state index contributed by atoms with van der Waals surface area (Å²) in [4.78, 5) is 7.64. The molecule has 0 spiro atoms. The van der Waals surface area contributed by atoms with E-state index in [0.717, 1.165) is 33.3 Å². The number of halogens is 1. The van der Waals surface area contributed by atoms with Crippen LogP contribution in [0.3, 0.4) is 0 Å². The largest absolute Gasteiger partial charge is 0.508 e. The van der Waals surface area contributed by atoms with E-state index in [1.165, 1.54) is 0 Å². The number of alkyl halides is 1. The van der Waals surface area contributed by atoms with Gasteiger partial charge in [0.1, 0.15) is 18.1 Å². The van der Waals surface area contributed by atoms with Crippen LogP contribution in [-0.2, 0) is 6.67 Å². The number of nitrogens with one attached hydrogen (secondary N) is 1. The zero-order chi connectivity index (χ0) is 16.5. The van der Waals surface area contributed by atoms with Crippen LogP contribution in [0.2, 0.25) is 0 Å². The summed E-state index contributed by atoms with van der Waals surface area (Å²) in [6.07, 6.45) is 3.69. The number of aromatic hydroxyl groups is 1. The highest BCUT2D eigenvalue weighted by molar-refractivity contribution is 5.95. The Morgan fingerprint density at radius 1 is 0.958 bits per heavy atom. The van der Waals surface area contributed by atoms with Gasteiger partial charge in [0.15, 0.2) is 0 Å². The van der Waals surface area contributed by atoms with Crippen LogP contribution in [0.15, 0.2) is 67.0 Å². The van der Waals surface area contributed by atoms with Crippen molar-refractivity contribution < 1.29 is 9.50 Å². The normalized spacial score (nSPS) is 11.0. The fourth-order valence-electron chi connectivity index (χ4n) is 2.86. The molecule has 0 fully saturated rings. The van der Waals surface area contributed by atoms with Crippen LogP contribution in [0, 0.1) is 0 Å². The quantitative estimate of drug-likeness (QED) is 0.554. The minimum atomic E-state index is -0.461. The van der Waals surface area contributed by atoms with Crippen molar-refractivity contribution in [2.75, 3.05) is 0 Å². The minimum Gasteiger partial charge on any atom is -0.508 e. The van der Waals surface area contributed by atoms with Gasteiger partial charge in [-0.25, -0.2) is 9.37 Å². The van der Waals surface area contributed by atoms with Crippen LogP contribution in [0.5, 0.6) is 5.75 Å². The molecule has 118 valence electrons. The van der Waals surface area contributed by atoms with E-state index in [-0.39, 0.29) is 5.75 Å². The second-order valence-electron chi connectivity index (χ2n) is 5.70. The number of hydrogen-bond donors (Lipinski definition) is 2. The molecule has 0 aliphatic rings. The molecule has 0 atom stereocenters. The highest BCUT2D eigenvalue weighted by atomic mass is 19.1. The van der Waals surface area contributed by atoms with Gasteiger partial charge in [0.25, 0.3) is 0 Å². The highest BCUT2D eigenvalue weighted by Gasteiger charge is 2.09. The molecule has 2 heterocycles. The number of nitrogens with zero attached hydrogens (tertiary/aromatic N) is 1. The van der Waals surface area contributed by atoms with Crippen LogP contribution in [-0.4, -0.2) is 15.1 Å². The Hall–Kier alpha value is -3.14. The maximum atomic E-state index is 12.7. The third-order valence-corrected chi connectivity index (χ3v) is 4.13. The number of rotatable bonds is 3. The molecule has 4 rings (SSSR count). The summed E-state index contributed by atoms with van der Waals surface area (Å²) in [5.74, 6) is 0.226. The number of phenols is 1. The first-order chi connectivity index (χ1) is 11.7. The predicted molar refractivity (Wildman–Crippen MR) is 93.4 cm³/mol. The molecule has 3 nitrogen and oxygen atoms in total. The number of aromatic nitrogens is 2. The third kappa shape index (κ3) is 2.52. The van der Waals surface area contributed by atoms with E-state index in [1.807, 2.05) is 36.5 Å². The Bertz CT molecular complexity index is 1010. The zero-order valence-corrected chi connectivity index (χ0v) is 12.8. The second-order valence-corrected chi connectivity index (χ2v) is 5.70. The number of pyridine rings is 1. The van der Waals surface area contributed by atoms with Crippen molar-refractivity contribution in [3.63, 3.8) is 0 Å². The first kappa shape index (κ1) is 14.5. The Labute approximate surface area is 138 Å². The smallest absolute Gasteiger partial charge is 0.137 e. The first-order valence-corrected chi connectivity index (χ1v) is 7.66. The Kier molecular flexibility index (Phi) is 3.50. The molecular weight excluding hydrogens is 303 g/mol. The monoisotopic (exact) mass is 318 g/mol. The second kappa shape index (κ2) is 5.81. The summed E-state index contributed by atoms with van der Waals surface area (Å²) in [6, 6.07) is 16.6. The lowest BCUT2D eigenvalue weighted by Crippen LogP contribution is -1.83. The van der Waals surface area contributed by atoms with E-state index in [4.69, 9.17) is 0 Å². The van der Waals surface area contributed by atoms with E-state index in [9.17, 15) is 9.50 Å². The van der Waals surface area contributed by atoms with Crippen molar-refractivity contribution in [3.8, 4) is 28.0 Å². The van der Waals surface area contributed by atoms with Crippen molar-refractivity contribution in [1.82, 2.24) is 9.97 Å². The van der Waals surface area contributed by atoms with Crippen LogP contribution in [0.4, 0.5) is 4.39 Å². The van der Waals surface area contributed by atoms with E-state index >= 15 is 0 Å². The fraction of sp³-hybridized carbons (Fsp3) is 0.0500. The molecule has 0 aliphatic heterocycles. The van der Waals surface area contributed by atoms with Crippen molar-refractivity contribution in [3.05, 3.63) is 72.6 Å². The Morgan fingerprint density at radius 2 is 1.79 bits per heavy atom. The topological polar surface area (TPSA) is 48.9 Å². The van der Waals surface area contributed by atoms with Crippen LogP contribution >= 0.6 is 0 Å². The molecule has 24 heavy (non-hydrogen) atoms.